The van der Waals surface area contributed by atoms with Gasteiger partial charge in [0.1, 0.15) is 5.41 Å². The fourth-order valence-electron chi connectivity index (χ4n) is 4.17. The van der Waals surface area contributed by atoms with Crippen LogP contribution in [0.2, 0.25) is 0 Å². The molecule has 6 heteroatoms. The number of fused-ring (bicyclic) bond motifs is 1. The number of imide groups is 1. The Morgan fingerprint density at radius 3 is 2.03 bits per heavy atom. The van der Waals surface area contributed by atoms with Gasteiger partial charge < -0.3 is 4.84 Å². The predicted molar refractivity (Wildman–Crippen MR) is 113 cm³/mol. The molecule has 30 heavy (non-hydrogen) atoms. The van der Waals surface area contributed by atoms with Crippen LogP contribution < -0.4 is 0 Å². The first-order valence-corrected chi connectivity index (χ1v) is 10.3. The molecule has 1 heterocycles. The van der Waals surface area contributed by atoms with Gasteiger partial charge in [0.2, 0.25) is 0 Å². The molecule has 5 rings (SSSR count). The molecule has 0 aromatic heterocycles. The Bertz CT molecular complexity index is 1140. The molecule has 0 unspecified atom stereocenters. The molecule has 0 spiro atoms. The van der Waals surface area contributed by atoms with Crippen molar-refractivity contribution in [1.82, 2.24) is 5.06 Å². The van der Waals surface area contributed by atoms with Gasteiger partial charge in [0.25, 0.3) is 11.8 Å². The zero-order valence-corrected chi connectivity index (χ0v) is 17.3. The summed E-state index contributed by atoms with van der Waals surface area (Å²) < 4.78 is 0.950. The zero-order valence-electron chi connectivity index (χ0n) is 15.7. The Hall–Kier alpha value is -3.25. The summed E-state index contributed by atoms with van der Waals surface area (Å²) in [6.45, 7) is 0. The summed E-state index contributed by atoms with van der Waals surface area (Å²) >= 11 is 3.43. The van der Waals surface area contributed by atoms with Crippen molar-refractivity contribution in [2.24, 2.45) is 0 Å². The number of hydroxylamine groups is 2. The average molecular weight is 462 g/mol. The number of benzene rings is 3. The van der Waals surface area contributed by atoms with E-state index in [1.54, 1.807) is 24.3 Å². The van der Waals surface area contributed by atoms with E-state index in [1.165, 1.54) is 0 Å². The lowest BCUT2D eigenvalue weighted by atomic mass is 9.91. The molecule has 1 aliphatic carbocycles. The van der Waals surface area contributed by atoms with Gasteiger partial charge in [-0.2, -0.15) is 0 Å². The lowest BCUT2D eigenvalue weighted by molar-refractivity contribution is -0.172. The Labute approximate surface area is 181 Å². The first-order chi connectivity index (χ1) is 14.5. The summed E-state index contributed by atoms with van der Waals surface area (Å²) in [6, 6.07) is 23.6. The summed E-state index contributed by atoms with van der Waals surface area (Å²) in [5.41, 5.74) is 1.35. The molecule has 3 aromatic rings. The predicted octanol–water partition coefficient (Wildman–Crippen LogP) is 4.63. The largest absolute Gasteiger partial charge is 0.344 e. The molecule has 0 saturated heterocycles. The highest BCUT2D eigenvalue weighted by Crippen LogP contribution is 2.61. The third-order valence-corrected chi connectivity index (χ3v) is 6.35. The number of rotatable bonds is 4. The Morgan fingerprint density at radius 2 is 1.43 bits per heavy atom. The van der Waals surface area contributed by atoms with Crippen LogP contribution >= 0.6 is 15.9 Å². The van der Waals surface area contributed by atoms with E-state index in [1.807, 2.05) is 54.6 Å². The molecule has 3 aromatic carbocycles. The molecule has 2 amide bonds. The molecule has 1 saturated carbocycles. The Kier molecular flexibility index (Phi) is 4.33. The van der Waals surface area contributed by atoms with Gasteiger partial charge in [0.15, 0.2) is 0 Å². The van der Waals surface area contributed by atoms with Crippen LogP contribution in [0.3, 0.4) is 0 Å². The summed E-state index contributed by atoms with van der Waals surface area (Å²) in [7, 11) is 0. The minimum Gasteiger partial charge on any atom is -0.329 e. The number of carbonyl (C=O) groups excluding carboxylic acids is 3. The van der Waals surface area contributed by atoms with Crippen LogP contribution in [0.15, 0.2) is 83.3 Å². The number of amides is 2. The van der Waals surface area contributed by atoms with Gasteiger partial charge >= 0.3 is 5.97 Å². The summed E-state index contributed by atoms with van der Waals surface area (Å²) in [6.07, 6.45) is 0.542. The SMILES string of the molecule is O=C1c2ccccc2C(=O)N1OC(=O)[C@]1(c2ccccc2)C[C@H]1c1ccc(Br)cc1. The Morgan fingerprint density at radius 1 is 0.867 bits per heavy atom. The molecule has 1 aliphatic heterocycles. The van der Waals surface area contributed by atoms with Crippen LogP contribution in [0.4, 0.5) is 0 Å². The van der Waals surface area contributed by atoms with Gasteiger partial charge in [0, 0.05) is 10.4 Å². The van der Waals surface area contributed by atoms with Crippen LogP contribution in [-0.2, 0) is 15.0 Å². The normalized spacial score (nSPS) is 22.0. The summed E-state index contributed by atoms with van der Waals surface area (Å²) in [5, 5.41) is 0.592. The highest BCUT2D eigenvalue weighted by molar-refractivity contribution is 9.10. The third-order valence-electron chi connectivity index (χ3n) is 5.82. The van der Waals surface area contributed by atoms with Crippen molar-refractivity contribution < 1.29 is 19.2 Å². The Balaban J connectivity index is 1.48. The number of halogens is 1. The summed E-state index contributed by atoms with van der Waals surface area (Å²) in [5.74, 6) is -1.94. The van der Waals surface area contributed by atoms with E-state index in [0.29, 0.717) is 11.5 Å². The third kappa shape index (κ3) is 2.79. The topological polar surface area (TPSA) is 63.7 Å². The van der Waals surface area contributed by atoms with Crippen molar-refractivity contribution in [2.75, 3.05) is 0 Å². The molecule has 0 radical (unpaired) electrons. The molecule has 2 aliphatic rings. The molecule has 1 fully saturated rings. The van der Waals surface area contributed by atoms with Gasteiger partial charge in [-0.15, -0.1) is 0 Å². The van der Waals surface area contributed by atoms with E-state index in [9.17, 15) is 14.4 Å². The van der Waals surface area contributed by atoms with E-state index < -0.39 is 23.2 Å². The fourth-order valence-corrected chi connectivity index (χ4v) is 4.44. The standard InChI is InChI=1S/C24H16BrNO4/c25-17-12-10-15(11-13-17)20-14-24(20,16-6-2-1-3-7-16)23(29)30-26-21(27)18-8-4-5-9-19(18)22(26)28/h1-13,20H,14H2/t20-,24-/m0/s1. The van der Waals surface area contributed by atoms with Crippen molar-refractivity contribution in [3.63, 3.8) is 0 Å². The van der Waals surface area contributed by atoms with Crippen molar-refractivity contribution in [1.29, 1.82) is 0 Å². The average Bonchev–Trinajstić information content (AvgIpc) is 3.50. The molecular formula is C24H16BrNO4. The van der Waals surface area contributed by atoms with Crippen LogP contribution in [0.25, 0.3) is 0 Å². The number of hydrogen-bond donors (Lipinski definition) is 0. The second-order valence-corrected chi connectivity index (χ2v) is 8.39. The maximum atomic E-state index is 13.4. The first kappa shape index (κ1) is 18.8. The van der Waals surface area contributed by atoms with Crippen molar-refractivity contribution in [3.8, 4) is 0 Å². The van der Waals surface area contributed by atoms with Crippen molar-refractivity contribution in [2.45, 2.75) is 17.8 Å². The molecular weight excluding hydrogens is 446 g/mol. The molecule has 0 bridgehead atoms. The van der Waals surface area contributed by atoms with Crippen LogP contribution in [0.1, 0.15) is 44.2 Å². The molecule has 5 nitrogen and oxygen atoms in total. The minimum absolute atomic E-state index is 0.101. The van der Waals surface area contributed by atoms with Crippen molar-refractivity contribution in [3.05, 3.63) is 106 Å². The smallest absolute Gasteiger partial charge is 0.329 e. The van der Waals surface area contributed by atoms with Crippen LogP contribution in [-0.4, -0.2) is 22.8 Å². The fraction of sp³-hybridized carbons (Fsp3) is 0.125. The maximum Gasteiger partial charge on any atom is 0.344 e. The molecule has 148 valence electrons. The monoisotopic (exact) mass is 461 g/mol. The lowest BCUT2D eigenvalue weighted by Crippen LogP contribution is -2.37. The summed E-state index contributed by atoms with van der Waals surface area (Å²) in [4.78, 5) is 44.1. The van der Waals surface area contributed by atoms with E-state index in [-0.39, 0.29) is 17.0 Å². The minimum atomic E-state index is -0.940. The highest BCUT2D eigenvalue weighted by atomic mass is 79.9. The highest BCUT2D eigenvalue weighted by Gasteiger charge is 2.64. The zero-order chi connectivity index (χ0) is 20.9. The maximum absolute atomic E-state index is 13.4. The van der Waals surface area contributed by atoms with Gasteiger partial charge in [0.05, 0.1) is 11.1 Å². The van der Waals surface area contributed by atoms with Crippen LogP contribution in [0.5, 0.6) is 0 Å². The van der Waals surface area contributed by atoms with Gasteiger partial charge in [-0.25, -0.2) is 4.79 Å². The number of carbonyl (C=O) groups is 3. The van der Waals surface area contributed by atoms with Gasteiger partial charge in [-0.1, -0.05) is 75.6 Å². The van der Waals surface area contributed by atoms with Gasteiger partial charge in [-0.3, -0.25) is 9.59 Å². The first-order valence-electron chi connectivity index (χ1n) is 9.53. The number of hydrogen-bond acceptors (Lipinski definition) is 4. The van der Waals surface area contributed by atoms with Gasteiger partial charge in [-0.05, 0) is 41.8 Å². The lowest BCUT2D eigenvalue weighted by Gasteiger charge is -2.20. The van der Waals surface area contributed by atoms with Crippen molar-refractivity contribution >= 4 is 33.7 Å². The molecule has 0 N–H and O–H groups in total. The van der Waals surface area contributed by atoms with E-state index in [2.05, 4.69) is 15.9 Å². The van der Waals surface area contributed by atoms with E-state index in [0.717, 1.165) is 15.6 Å². The van der Waals surface area contributed by atoms with E-state index in [4.69, 9.17) is 4.84 Å². The molecule has 2 atom stereocenters. The quantitative estimate of drug-likeness (QED) is 0.531. The number of nitrogens with zero attached hydrogens (tertiary/aromatic N) is 1. The second-order valence-electron chi connectivity index (χ2n) is 7.47. The van der Waals surface area contributed by atoms with Crippen LogP contribution in [0, 0.1) is 0 Å². The second kappa shape index (κ2) is 6.92. The van der Waals surface area contributed by atoms with E-state index >= 15 is 0 Å².